The molecule has 9 heteroatoms. The van der Waals surface area contributed by atoms with E-state index in [4.69, 9.17) is 10.2 Å². The van der Waals surface area contributed by atoms with Crippen molar-refractivity contribution >= 4 is 23.7 Å². The average Bonchev–Trinajstić information content (AvgIpc) is 2.53. The molecule has 0 fully saturated rings. The molecule has 0 radical (unpaired) electrons. The van der Waals surface area contributed by atoms with E-state index in [1.54, 1.807) is 0 Å². The predicted octanol–water partition coefficient (Wildman–Crippen LogP) is -1.56. The van der Waals surface area contributed by atoms with Crippen LogP contribution >= 0.6 is 0 Å². The van der Waals surface area contributed by atoms with Crippen molar-refractivity contribution in [2.75, 3.05) is 11.9 Å². The number of carbonyl (C=O) groups is 2. The number of aliphatic hydroxyl groups excluding tert-OH is 4. The fourth-order valence-corrected chi connectivity index (χ4v) is 1.57. The number of amides is 2. The predicted molar refractivity (Wildman–Crippen MR) is 81.8 cm³/mol. The Morgan fingerprint density at radius 3 is 2.35 bits per heavy atom. The number of carbonyl (C=O) groups excluding carboxylic acids is 2. The van der Waals surface area contributed by atoms with Crippen molar-refractivity contribution in [2.24, 2.45) is 5.10 Å². The minimum atomic E-state index is -1.63. The highest BCUT2D eigenvalue weighted by Crippen LogP contribution is 2.09. The quantitative estimate of drug-likeness (QED) is 0.263. The molecule has 2 amide bonds. The van der Waals surface area contributed by atoms with Crippen molar-refractivity contribution in [1.29, 1.82) is 0 Å². The van der Waals surface area contributed by atoms with Gasteiger partial charge in [0.05, 0.1) is 12.8 Å². The highest BCUT2D eigenvalue weighted by atomic mass is 16.4. The number of aliphatic hydroxyl groups is 4. The van der Waals surface area contributed by atoms with E-state index in [-0.39, 0.29) is 11.5 Å². The van der Waals surface area contributed by atoms with E-state index in [2.05, 4.69) is 15.8 Å². The van der Waals surface area contributed by atoms with Gasteiger partial charge in [-0.2, -0.15) is 5.10 Å². The topological polar surface area (TPSA) is 151 Å². The summed E-state index contributed by atoms with van der Waals surface area (Å²) in [5, 5.41) is 42.6. The van der Waals surface area contributed by atoms with Gasteiger partial charge in [0.15, 0.2) is 0 Å². The van der Waals surface area contributed by atoms with Gasteiger partial charge in [0, 0.05) is 18.2 Å². The summed E-state index contributed by atoms with van der Waals surface area (Å²) in [6, 6.07) is 6.01. The van der Waals surface area contributed by atoms with E-state index in [1.165, 1.54) is 31.2 Å². The third kappa shape index (κ3) is 6.12. The lowest BCUT2D eigenvalue weighted by Gasteiger charge is -2.17. The summed E-state index contributed by atoms with van der Waals surface area (Å²) in [7, 11) is 0. The molecule has 1 aromatic carbocycles. The molecule has 3 unspecified atom stereocenters. The fourth-order valence-electron chi connectivity index (χ4n) is 1.57. The molecule has 0 spiro atoms. The van der Waals surface area contributed by atoms with E-state index in [0.717, 1.165) is 6.21 Å². The summed E-state index contributed by atoms with van der Waals surface area (Å²) in [6.45, 7) is 0.641. The number of anilines is 1. The van der Waals surface area contributed by atoms with Crippen molar-refractivity contribution in [2.45, 2.75) is 25.2 Å². The second-order valence-corrected chi connectivity index (χ2v) is 4.71. The third-order valence-corrected chi connectivity index (χ3v) is 2.79. The molecule has 1 rings (SSSR count). The molecule has 9 nitrogen and oxygen atoms in total. The van der Waals surface area contributed by atoms with E-state index in [9.17, 15) is 19.8 Å². The van der Waals surface area contributed by atoms with Gasteiger partial charge in [0.1, 0.15) is 18.3 Å². The maximum Gasteiger partial charge on any atom is 0.271 e. The van der Waals surface area contributed by atoms with Crippen LogP contribution in [0.1, 0.15) is 17.3 Å². The summed E-state index contributed by atoms with van der Waals surface area (Å²) < 4.78 is 0. The van der Waals surface area contributed by atoms with Gasteiger partial charge in [-0.25, -0.2) is 5.43 Å². The van der Waals surface area contributed by atoms with E-state index in [1.807, 2.05) is 0 Å². The molecular weight excluding hydrogens is 306 g/mol. The van der Waals surface area contributed by atoms with Gasteiger partial charge in [0.2, 0.25) is 5.91 Å². The van der Waals surface area contributed by atoms with Crippen LogP contribution < -0.4 is 10.7 Å². The van der Waals surface area contributed by atoms with Gasteiger partial charge >= 0.3 is 0 Å². The lowest BCUT2D eigenvalue weighted by atomic mass is 10.1. The van der Waals surface area contributed by atoms with Crippen LogP contribution in [-0.4, -0.2) is 63.4 Å². The molecule has 1 aromatic rings. The molecule has 0 aliphatic carbocycles. The Morgan fingerprint density at radius 1 is 1.22 bits per heavy atom. The molecule has 0 aliphatic rings. The molecular formula is C14H19N3O6. The zero-order valence-corrected chi connectivity index (χ0v) is 12.4. The largest absolute Gasteiger partial charge is 0.394 e. The fraction of sp³-hybridized carbons (Fsp3) is 0.357. The molecule has 0 aromatic heterocycles. The lowest BCUT2D eigenvalue weighted by molar-refractivity contribution is -0.114. The van der Waals surface area contributed by atoms with Gasteiger partial charge in [-0.05, 0) is 24.3 Å². The second kappa shape index (κ2) is 8.96. The van der Waals surface area contributed by atoms with Crippen LogP contribution in [0.3, 0.4) is 0 Å². The van der Waals surface area contributed by atoms with Crippen molar-refractivity contribution in [3.63, 3.8) is 0 Å². The third-order valence-electron chi connectivity index (χ3n) is 2.79. The Hall–Kier alpha value is -2.33. The summed E-state index contributed by atoms with van der Waals surface area (Å²) in [5.74, 6) is -0.801. The summed E-state index contributed by atoms with van der Waals surface area (Å²) in [4.78, 5) is 22.6. The van der Waals surface area contributed by atoms with Crippen molar-refractivity contribution in [3.8, 4) is 0 Å². The average molecular weight is 325 g/mol. The summed E-state index contributed by atoms with van der Waals surface area (Å²) >= 11 is 0. The Morgan fingerprint density at radius 2 is 1.83 bits per heavy atom. The van der Waals surface area contributed by atoms with Crippen molar-refractivity contribution < 1.29 is 30.0 Å². The van der Waals surface area contributed by atoms with Gasteiger partial charge < -0.3 is 25.7 Å². The Balaban J connectivity index is 2.56. The molecule has 0 aliphatic heterocycles. The van der Waals surface area contributed by atoms with Crippen LogP contribution in [-0.2, 0) is 4.79 Å². The molecule has 3 atom stereocenters. The van der Waals surface area contributed by atoms with E-state index >= 15 is 0 Å². The normalized spacial score (nSPS) is 15.0. The highest BCUT2D eigenvalue weighted by molar-refractivity contribution is 5.95. The molecule has 0 saturated carbocycles. The Labute approximate surface area is 132 Å². The number of nitrogens with one attached hydrogen (secondary N) is 2. The van der Waals surface area contributed by atoms with Gasteiger partial charge in [-0.15, -0.1) is 0 Å². The summed E-state index contributed by atoms with van der Waals surface area (Å²) in [5.41, 5.74) is 2.93. The first kappa shape index (κ1) is 18.7. The number of nitrogens with zero attached hydrogens (tertiary/aromatic N) is 1. The maximum absolute atomic E-state index is 11.8. The highest BCUT2D eigenvalue weighted by Gasteiger charge is 2.22. The number of benzene rings is 1. The van der Waals surface area contributed by atoms with Crippen LogP contribution in [0.15, 0.2) is 29.4 Å². The molecule has 0 heterocycles. The Kier molecular flexibility index (Phi) is 7.29. The number of rotatable bonds is 7. The minimum absolute atomic E-state index is 0.232. The lowest BCUT2D eigenvalue weighted by Crippen LogP contribution is -2.40. The number of hydrogen-bond donors (Lipinski definition) is 6. The minimum Gasteiger partial charge on any atom is -0.394 e. The molecule has 23 heavy (non-hydrogen) atoms. The summed E-state index contributed by atoms with van der Waals surface area (Å²) in [6.07, 6.45) is -3.88. The zero-order chi connectivity index (χ0) is 17.4. The molecule has 0 saturated heterocycles. The van der Waals surface area contributed by atoms with Gasteiger partial charge in [-0.1, -0.05) is 0 Å². The smallest absolute Gasteiger partial charge is 0.271 e. The van der Waals surface area contributed by atoms with E-state index in [0.29, 0.717) is 5.69 Å². The van der Waals surface area contributed by atoms with Gasteiger partial charge in [0.25, 0.3) is 5.91 Å². The first-order valence-corrected chi connectivity index (χ1v) is 6.71. The SMILES string of the molecule is CC(=O)Nc1ccc(C(=O)N/N=C/C(O)C(O)C(O)CO)cc1. The standard InChI is InChI=1S/C14H19N3O6/c1-8(19)16-10-4-2-9(3-5-10)14(23)17-15-6-11(20)13(22)12(21)7-18/h2-6,11-13,18,20-22H,7H2,1H3,(H,16,19)(H,17,23)/b15-6+. The first-order valence-electron chi connectivity index (χ1n) is 6.71. The van der Waals surface area contributed by atoms with Gasteiger partial charge in [-0.3, -0.25) is 9.59 Å². The molecule has 6 N–H and O–H groups in total. The van der Waals surface area contributed by atoms with Crippen molar-refractivity contribution in [3.05, 3.63) is 29.8 Å². The van der Waals surface area contributed by atoms with Crippen LogP contribution in [0.5, 0.6) is 0 Å². The maximum atomic E-state index is 11.8. The number of hydrazone groups is 1. The number of hydrogen-bond acceptors (Lipinski definition) is 7. The second-order valence-electron chi connectivity index (χ2n) is 4.71. The Bertz CT molecular complexity index is 560. The zero-order valence-electron chi connectivity index (χ0n) is 12.4. The van der Waals surface area contributed by atoms with Crippen LogP contribution in [0.2, 0.25) is 0 Å². The molecule has 0 bridgehead atoms. The molecule has 126 valence electrons. The first-order chi connectivity index (χ1) is 10.8. The van der Waals surface area contributed by atoms with E-state index < -0.39 is 30.8 Å². The monoisotopic (exact) mass is 325 g/mol. The van der Waals surface area contributed by atoms with Crippen LogP contribution in [0.25, 0.3) is 0 Å². The van der Waals surface area contributed by atoms with Crippen LogP contribution in [0, 0.1) is 0 Å². The van der Waals surface area contributed by atoms with Crippen molar-refractivity contribution in [1.82, 2.24) is 5.43 Å². The van der Waals surface area contributed by atoms with Crippen LogP contribution in [0.4, 0.5) is 5.69 Å².